The Morgan fingerprint density at radius 2 is 1.22 bits per heavy atom. The van der Waals surface area contributed by atoms with Crippen molar-refractivity contribution in [2.75, 3.05) is 27.4 Å². The minimum Gasteiger partial charge on any atom is -0.504 e. The van der Waals surface area contributed by atoms with Crippen molar-refractivity contribution >= 4 is 23.7 Å². The normalized spacial score (nSPS) is 30.4. The second kappa shape index (κ2) is 17.1. The van der Waals surface area contributed by atoms with Crippen LogP contribution in [0.4, 0.5) is 0 Å². The molecule has 2 fully saturated rings. The summed E-state index contributed by atoms with van der Waals surface area (Å²) in [5, 5.41) is 80.7. The van der Waals surface area contributed by atoms with E-state index in [1.165, 1.54) is 62.8 Å². The number of carbonyl (C=O) groups excluding carboxylic acids is 2. The lowest BCUT2D eigenvalue weighted by atomic mass is 9.98. The molecule has 0 spiro atoms. The van der Waals surface area contributed by atoms with Crippen LogP contribution in [0.15, 0.2) is 48.6 Å². The van der Waals surface area contributed by atoms with Crippen molar-refractivity contribution in [1.29, 1.82) is 0 Å². The number of phenols is 1. The van der Waals surface area contributed by atoms with Gasteiger partial charge in [-0.3, -0.25) is 9.59 Å². The van der Waals surface area contributed by atoms with Gasteiger partial charge in [-0.2, -0.15) is 0 Å². The largest absolute Gasteiger partial charge is 0.504 e. The quantitative estimate of drug-likeness (QED) is 0.0843. The van der Waals surface area contributed by atoms with E-state index in [0.29, 0.717) is 11.1 Å². The van der Waals surface area contributed by atoms with Crippen LogP contribution in [0.5, 0.6) is 23.0 Å². The molecule has 2 saturated heterocycles. The van der Waals surface area contributed by atoms with Gasteiger partial charge in [-0.15, -0.1) is 0 Å². The maximum atomic E-state index is 12.4. The van der Waals surface area contributed by atoms with Crippen LogP contribution in [0.2, 0.25) is 0 Å². The zero-order valence-electron chi connectivity index (χ0n) is 26.5. The highest BCUT2D eigenvalue weighted by Crippen LogP contribution is 2.33. The maximum Gasteiger partial charge on any atom is 0.229 e. The fourth-order valence-electron chi connectivity index (χ4n) is 5.02. The number of aliphatic hydroxyl groups is 7. The average molecular weight is 693 g/mol. The molecule has 0 radical (unpaired) electrons. The molecule has 4 rings (SSSR count). The van der Waals surface area contributed by atoms with Crippen LogP contribution < -0.4 is 14.2 Å². The number of aromatic hydroxyl groups is 1. The number of ketones is 2. The van der Waals surface area contributed by atoms with E-state index < -0.39 is 92.6 Å². The zero-order chi connectivity index (χ0) is 35.8. The van der Waals surface area contributed by atoms with E-state index in [1.807, 2.05) is 0 Å². The number of carbonyl (C=O) groups is 2. The molecule has 0 saturated carbocycles. The number of methoxy groups -OCH3 is 2. The Kier molecular flexibility index (Phi) is 13.2. The Hall–Kier alpha value is -3.94. The van der Waals surface area contributed by atoms with E-state index in [-0.39, 0.29) is 23.0 Å². The fraction of sp³-hybridized carbons (Fsp3) is 0.455. The highest BCUT2D eigenvalue weighted by molar-refractivity contribution is 6.10. The first-order valence-electron chi connectivity index (χ1n) is 15.1. The number of allylic oxidation sites excluding steroid dienone is 2. The van der Waals surface area contributed by atoms with Gasteiger partial charge in [0.1, 0.15) is 48.8 Å². The summed E-state index contributed by atoms with van der Waals surface area (Å²) in [4.78, 5) is 24.7. The van der Waals surface area contributed by atoms with Gasteiger partial charge < -0.3 is 69.3 Å². The minimum atomic E-state index is -1.76. The van der Waals surface area contributed by atoms with Gasteiger partial charge >= 0.3 is 0 Å². The summed E-state index contributed by atoms with van der Waals surface area (Å²) in [6.07, 6.45) is -10.8. The molecule has 49 heavy (non-hydrogen) atoms. The molecular formula is C33H40O16. The molecule has 2 aliphatic heterocycles. The van der Waals surface area contributed by atoms with Gasteiger partial charge in [0.2, 0.25) is 6.29 Å². The lowest BCUT2D eigenvalue weighted by molar-refractivity contribution is -0.323. The molecule has 8 N–H and O–H groups in total. The predicted octanol–water partition coefficient (Wildman–Crippen LogP) is -1.33. The number of benzene rings is 2. The summed E-state index contributed by atoms with van der Waals surface area (Å²) < 4.78 is 32.5. The van der Waals surface area contributed by atoms with Crippen molar-refractivity contribution in [3.05, 3.63) is 59.7 Å². The van der Waals surface area contributed by atoms with E-state index in [9.17, 15) is 50.4 Å². The average Bonchev–Trinajstić information content (AvgIpc) is 3.10. The Balaban J connectivity index is 1.35. The van der Waals surface area contributed by atoms with E-state index in [1.54, 1.807) is 12.1 Å². The van der Waals surface area contributed by atoms with E-state index in [2.05, 4.69) is 0 Å². The van der Waals surface area contributed by atoms with Crippen LogP contribution >= 0.6 is 0 Å². The summed E-state index contributed by atoms with van der Waals surface area (Å²) in [6.45, 7) is -1.22. The first kappa shape index (κ1) is 37.9. The first-order valence-corrected chi connectivity index (χ1v) is 15.1. The van der Waals surface area contributed by atoms with Crippen LogP contribution in [0.1, 0.15) is 17.5 Å². The van der Waals surface area contributed by atoms with Crippen molar-refractivity contribution in [1.82, 2.24) is 0 Å². The molecule has 2 aliphatic rings. The van der Waals surface area contributed by atoms with Crippen LogP contribution in [0.25, 0.3) is 12.2 Å². The maximum absolute atomic E-state index is 12.4. The number of hydrogen-bond acceptors (Lipinski definition) is 16. The number of hydrogen-bond donors (Lipinski definition) is 8. The Labute approximate surface area is 280 Å². The molecule has 10 atom stereocenters. The lowest BCUT2D eigenvalue weighted by Gasteiger charge is -2.42. The SMILES string of the molecule is COc1cc(/C=C/C(=O)CC(=O)/C=C/c2ccc(O[C@@H]3O[C@H](CO[C@@H]4O[C@H](CO)[C@@H](O)[C@H](O)[C@H]4O)[C@@H](O)[C@H](O)[C@H]3O)c(OC)c2)ccc1O. The Bertz CT molecular complexity index is 1490. The molecule has 16 heteroatoms. The number of phenolic OH excluding ortho intramolecular Hbond substituents is 1. The molecule has 0 bridgehead atoms. The topological polar surface area (TPSA) is 251 Å². The van der Waals surface area contributed by atoms with E-state index in [4.69, 9.17) is 28.4 Å². The molecular weight excluding hydrogens is 652 g/mol. The van der Waals surface area contributed by atoms with Crippen molar-refractivity contribution in [3.63, 3.8) is 0 Å². The summed E-state index contributed by atoms with van der Waals surface area (Å²) in [5.74, 6) is -0.531. The highest BCUT2D eigenvalue weighted by Gasteiger charge is 2.48. The number of ether oxygens (including phenoxy) is 6. The van der Waals surface area contributed by atoms with Gasteiger partial charge in [-0.25, -0.2) is 0 Å². The molecule has 0 unspecified atom stereocenters. The summed E-state index contributed by atoms with van der Waals surface area (Å²) in [6, 6.07) is 9.02. The second-order valence-electron chi connectivity index (χ2n) is 11.3. The minimum absolute atomic E-state index is 0.0483. The van der Waals surface area contributed by atoms with Gasteiger partial charge in [-0.1, -0.05) is 24.3 Å². The van der Waals surface area contributed by atoms with Crippen molar-refractivity contribution in [2.45, 2.75) is 67.8 Å². The molecule has 0 amide bonds. The second-order valence-corrected chi connectivity index (χ2v) is 11.3. The fourth-order valence-corrected chi connectivity index (χ4v) is 5.02. The molecule has 0 aliphatic carbocycles. The molecule has 2 heterocycles. The van der Waals surface area contributed by atoms with Gasteiger partial charge in [0.15, 0.2) is 40.9 Å². The predicted molar refractivity (Wildman–Crippen MR) is 167 cm³/mol. The third-order valence-corrected chi connectivity index (χ3v) is 7.85. The molecule has 268 valence electrons. The zero-order valence-corrected chi connectivity index (χ0v) is 26.5. The summed E-state index contributed by atoms with van der Waals surface area (Å²) in [5.41, 5.74) is 1.08. The third kappa shape index (κ3) is 9.40. The number of rotatable bonds is 14. The van der Waals surface area contributed by atoms with Crippen LogP contribution in [-0.2, 0) is 23.8 Å². The van der Waals surface area contributed by atoms with Gasteiger partial charge in [0.25, 0.3) is 0 Å². The van der Waals surface area contributed by atoms with E-state index >= 15 is 0 Å². The summed E-state index contributed by atoms with van der Waals surface area (Å²) >= 11 is 0. The smallest absolute Gasteiger partial charge is 0.229 e. The van der Waals surface area contributed by atoms with Crippen LogP contribution in [0.3, 0.4) is 0 Å². The molecule has 2 aromatic carbocycles. The molecule has 16 nitrogen and oxygen atoms in total. The van der Waals surface area contributed by atoms with Crippen molar-refractivity contribution in [2.24, 2.45) is 0 Å². The monoisotopic (exact) mass is 692 g/mol. The van der Waals surface area contributed by atoms with Gasteiger partial charge in [0, 0.05) is 0 Å². The highest BCUT2D eigenvalue weighted by atomic mass is 16.7. The first-order chi connectivity index (χ1) is 23.4. The van der Waals surface area contributed by atoms with Gasteiger partial charge in [-0.05, 0) is 47.5 Å². The Morgan fingerprint density at radius 3 is 1.82 bits per heavy atom. The Morgan fingerprint density at radius 1 is 0.694 bits per heavy atom. The third-order valence-electron chi connectivity index (χ3n) is 7.85. The van der Waals surface area contributed by atoms with Crippen LogP contribution in [-0.4, -0.2) is 141 Å². The van der Waals surface area contributed by atoms with Crippen molar-refractivity contribution < 1.29 is 78.9 Å². The van der Waals surface area contributed by atoms with Gasteiger partial charge in [0.05, 0.1) is 33.9 Å². The van der Waals surface area contributed by atoms with Crippen LogP contribution in [0, 0.1) is 0 Å². The van der Waals surface area contributed by atoms with Crippen molar-refractivity contribution in [3.8, 4) is 23.0 Å². The van der Waals surface area contributed by atoms with E-state index in [0.717, 1.165) is 0 Å². The molecule has 0 aromatic heterocycles. The lowest BCUT2D eigenvalue weighted by Crippen LogP contribution is -2.62. The summed E-state index contributed by atoms with van der Waals surface area (Å²) in [7, 11) is 2.73. The standard InChI is InChI=1S/C33H40O16/c1-44-22-11-16(5-9-20(22)37)3-7-18(35)13-19(36)8-4-17-6-10-21(23(12-17)45-2)47-33-31(43)29(41)27(39)25(49-33)15-46-32-30(42)28(40)26(38)24(14-34)48-32/h3-12,24-34,37-43H,13-15H2,1-2H3/b7-3+,8-4+/t24-,25-,26-,27-,28+,29+,30-,31-,32-,33-/m1/s1. The molecule has 2 aromatic rings. The number of aliphatic hydroxyl groups excluding tert-OH is 7.